The van der Waals surface area contributed by atoms with Crippen molar-refractivity contribution >= 4 is 5.71 Å². The monoisotopic (exact) mass is 298 g/mol. The third kappa shape index (κ3) is 14.1. The molecule has 0 amide bonds. The van der Waals surface area contributed by atoms with Gasteiger partial charge in [-0.2, -0.15) is 0 Å². The molecule has 0 saturated heterocycles. The molecule has 0 radical (unpaired) electrons. The quantitative estimate of drug-likeness (QED) is 0.178. The summed E-state index contributed by atoms with van der Waals surface area (Å²) in [5.74, 6) is 0. The maximum atomic E-state index is 8.80. The Labute approximate surface area is 132 Å². The molecule has 0 aliphatic heterocycles. The van der Waals surface area contributed by atoms with Crippen LogP contribution in [0.3, 0.4) is 0 Å². The minimum Gasteiger partial charge on any atom is -0.411 e. The fourth-order valence-corrected chi connectivity index (χ4v) is 2.69. The van der Waals surface area contributed by atoms with E-state index >= 15 is 0 Å². The van der Waals surface area contributed by atoms with Crippen molar-refractivity contribution in [3.63, 3.8) is 0 Å². The van der Waals surface area contributed by atoms with Gasteiger partial charge in [0.15, 0.2) is 0 Å². The zero-order valence-electron chi connectivity index (χ0n) is 14.4. The molecule has 21 heavy (non-hydrogen) atoms. The first kappa shape index (κ1) is 20.4. The van der Waals surface area contributed by atoms with Crippen LogP contribution in [0.4, 0.5) is 0 Å². The molecule has 126 valence electrons. The second-order valence-corrected chi connectivity index (χ2v) is 6.37. The maximum absolute atomic E-state index is 8.80. The van der Waals surface area contributed by atoms with Gasteiger partial charge in [0, 0.05) is 6.04 Å². The van der Waals surface area contributed by atoms with Crippen molar-refractivity contribution in [2.75, 3.05) is 0 Å². The average Bonchev–Trinajstić information content (AvgIpc) is 2.47. The lowest BCUT2D eigenvalue weighted by molar-refractivity contribution is 0.315. The van der Waals surface area contributed by atoms with Crippen LogP contribution in [0.1, 0.15) is 104 Å². The molecule has 0 fully saturated rings. The third-order valence-electron chi connectivity index (χ3n) is 4.19. The average molecular weight is 299 g/mol. The lowest BCUT2D eigenvalue weighted by atomic mass is 10.0. The zero-order chi connectivity index (χ0) is 15.8. The molecule has 0 aromatic rings. The fourth-order valence-electron chi connectivity index (χ4n) is 2.69. The number of hydrogen-bond donors (Lipinski definition) is 2. The highest BCUT2D eigenvalue weighted by Crippen LogP contribution is 2.13. The van der Waals surface area contributed by atoms with E-state index in [1.54, 1.807) is 0 Å². The SMILES string of the molecule is CCCCCCCCCCCCCCC/C(=N/O)C(C)N. The van der Waals surface area contributed by atoms with Crippen LogP contribution < -0.4 is 5.73 Å². The maximum Gasteiger partial charge on any atom is 0.0734 e. The predicted octanol–water partition coefficient (Wildman–Crippen LogP) is 5.65. The molecule has 0 aliphatic rings. The van der Waals surface area contributed by atoms with Gasteiger partial charge in [0.2, 0.25) is 0 Å². The molecular formula is C18H38N2O. The van der Waals surface area contributed by atoms with Crippen LogP contribution in [0.25, 0.3) is 0 Å². The molecule has 0 saturated carbocycles. The van der Waals surface area contributed by atoms with Crippen molar-refractivity contribution in [3.05, 3.63) is 0 Å². The summed E-state index contributed by atoms with van der Waals surface area (Å²) in [6, 6.07) is -0.118. The highest BCUT2D eigenvalue weighted by atomic mass is 16.4. The van der Waals surface area contributed by atoms with E-state index < -0.39 is 0 Å². The number of rotatable bonds is 15. The van der Waals surface area contributed by atoms with E-state index in [4.69, 9.17) is 10.9 Å². The van der Waals surface area contributed by atoms with Gasteiger partial charge in [-0.05, 0) is 19.8 Å². The predicted molar refractivity (Wildman–Crippen MR) is 93.2 cm³/mol. The minimum atomic E-state index is -0.118. The normalized spacial score (nSPS) is 13.6. The molecule has 0 spiro atoms. The van der Waals surface area contributed by atoms with Crippen LogP contribution >= 0.6 is 0 Å². The summed E-state index contributed by atoms with van der Waals surface area (Å²) >= 11 is 0. The van der Waals surface area contributed by atoms with Gasteiger partial charge < -0.3 is 10.9 Å². The van der Waals surface area contributed by atoms with Crippen LogP contribution in [0.15, 0.2) is 5.16 Å². The first-order valence-corrected chi connectivity index (χ1v) is 9.18. The Morgan fingerprint density at radius 3 is 1.52 bits per heavy atom. The summed E-state index contributed by atoms with van der Waals surface area (Å²) in [6.45, 7) is 4.14. The summed E-state index contributed by atoms with van der Waals surface area (Å²) in [4.78, 5) is 0. The van der Waals surface area contributed by atoms with Crippen LogP contribution in [-0.2, 0) is 0 Å². The van der Waals surface area contributed by atoms with Crippen molar-refractivity contribution in [2.24, 2.45) is 10.9 Å². The van der Waals surface area contributed by atoms with Crippen LogP contribution in [0.5, 0.6) is 0 Å². The zero-order valence-corrected chi connectivity index (χ0v) is 14.4. The highest BCUT2D eigenvalue weighted by molar-refractivity contribution is 5.88. The first-order valence-electron chi connectivity index (χ1n) is 9.18. The number of oxime groups is 1. The van der Waals surface area contributed by atoms with E-state index in [-0.39, 0.29) is 6.04 Å². The van der Waals surface area contributed by atoms with Crippen LogP contribution in [-0.4, -0.2) is 17.0 Å². The van der Waals surface area contributed by atoms with Gasteiger partial charge in [-0.1, -0.05) is 89.1 Å². The Morgan fingerprint density at radius 2 is 1.19 bits per heavy atom. The standard InChI is InChI=1S/C18H38N2O/c1-3-4-5-6-7-8-9-10-11-12-13-14-15-16-18(20-21)17(2)19/h17,21H,3-16,19H2,1-2H3/b20-18-. The molecule has 0 aromatic carbocycles. The lowest BCUT2D eigenvalue weighted by Gasteiger charge is -2.07. The van der Waals surface area contributed by atoms with E-state index in [0.29, 0.717) is 0 Å². The van der Waals surface area contributed by atoms with Crippen LogP contribution in [0.2, 0.25) is 0 Å². The summed E-state index contributed by atoms with van der Waals surface area (Å²) in [6.07, 6.45) is 18.5. The first-order chi connectivity index (χ1) is 10.2. The number of unbranched alkanes of at least 4 members (excludes halogenated alkanes) is 12. The van der Waals surface area contributed by atoms with Gasteiger partial charge in [0.05, 0.1) is 5.71 Å². The molecule has 3 N–H and O–H groups in total. The van der Waals surface area contributed by atoms with Gasteiger partial charge in [-0.3, -0.25) is 0 Å². The van der Waals surface area contributed by atoms with Gasteiger partial charge in [-0.25, -0.2) is 0 Å². The van der Waals surface area contributed by atoms with Crippen molar-refractivity contribution in [1.82, 2.24) is 0 Å². The van der Waals surface area contributed by atoms with Crippen molar-refractivity contribution in [1.29, 1.82) is 0 Å². The Hall–Kier alpha value is -0.570. The number of nitrogens with two attached hydrogens (primary N) is 1. The summed E-state index contributed by atoms with van der Waals surface area (Å²) < 4.78 is 0. The lowest BCUT2D eigenvalue weighted by Crippen LogP contribution is -2.26. The van der Waals surface area contributed by atoms with E-state index in [9.17, 15) is 0 Å². The summed E-state index contributed by atoms with van der Waals surface area (Å²) in [5.41, 5.74) is 6.44. The molecule has 0 heterocycles. The number of nitrogens with zero attached hydrogens (tertiary/aromatic N) is 1. The third-order valence-corrected chi connectivity index (χ3v) is 4.19. The second-order valence-electron chi connectivity index (χ2n) is 6.37. The minimum absolute atomic E-state index is 0.118. The van der Waals surface area contributed by atoms with Crippen LogP contribution in [0, 0.1) is 0 Å². The van der Waals surface area contributed by atoms with Crippen molar-refractivity contribution < 1.29 is 5.21 Å². The molecule has 0 aromatic heterocycles. The van der Waals surface area contributed by atoms with Gasteiger partial charge in [0.1, 0.15) is 0 Å². The largest absolute Gasteiger partial charge is 0.411 e. The van der Waals surface area contributed by atoms with Crippen molar-refractivity contribution in [3.8, 4) is 0 Å². The summed E-state index contributed by atoms with van der Waals surface area (Å²) in [7, 11) is 0. The molecule has 3 nitrogen and oxygen atoms in total. The summed E-state index contributed by atoms with van der Waals surface area (Å²) in [5, 5.41) is 12.1. The highest BCUT2D eigenvalue weighted by Gasteiger charge is 2.05. The van der Waals surface area contributed by atoms with Crippen molar-refractivity contribution in [2.45, 2.75) is 110 Å². The van der Waals surface area contributed by atoms with E-state index in [0.717, 1.165) is 18.6 Å². The van der Waals surface area contributed by atoms with E-state index in [1.807, 2.05) is 6.92 Å². The molecule has 1 unspecified atom stereocenters. The van der Waals surface area contributed by atoms with E-state index in [2.05, 4.69) is 12.1 Å². The molecule has 1 atom stereocenters. The molecule has 0 bridgehead atoms. The molecule has 0 rings (SSSR count). The smallest absolute Gasteiger partial charge is 0.0734 e. The topological polar surface area (TPSA) is 58.6 Å². The Balaban J connectivity index is 3.16. The Morgan fingerprint density at radius 1 is 0.810 bits per heavy atom. The fraction of sp³-hybridized carbons (Fsp3) is 0.944. The molecule has 3 heteroatoms. The molecular weight excluding hydrogens is 260 g/mol. The Kier molecular flexibility index (Phi) is 15.4. The van der Waals surface area contributed by atoms with Gasteiger partial charge in [-0.15, -0.1) is 0 Å². The van der Waals surface area contributed by atoms with Gasteiger partial charge >= 0.3 is 0 Å². The Bertz CT molecular complexity index is 239. The molecule has 0 aliphatic carbocycles. The van der Waals surface area contributed by atoms with Gasteiger partial charge in [0.25, 0.3) is 0 Å². The second kappa shape index (κ2) is 15.8. The number of hydrogen-bond acceptors (Lipinski definition) is 3. The van der Waals surface area contributed by atoms with E-state index in [1.165, 1.54) is 77.0 Å².